The second kappa shape index (κ2) is 10.3. The van der Waals surface area contributed by atoms with Gasteiger partial charge in [-0.15, -0.1) is 0 Å². The Morgan fingerprint density at radius 2 is 1.92 bits per heavy atom. The molecule has 0 bridgehead atoms. The van der Waals surface area contributed by atoms with Crippen LogP contribution in [0.25, 0.3) is 21.6 Å². The first-order valence-corrected chi connectivity index (χ1v) is 12.7. The number of pyridine rings is 1. The Kier molecular flexibility index (Phi) is 6.99. The van der Waals surface area contributed by atoms with Crippen LogP contribution in [0.15, 0.2) is 36.7 Å². The van der Waals surface area contributed by atoms with Gasteiger partial charge in [0.2, 0.25) is 0 Å². The fourth-order valence-corrected chi connectivity index (χ4v) is 5.22. The number of rotatable bonds is 6. The molecule has 1 N–H and O–H groups in total. The number of nitrogens with zero attached hydrogens (tertiary/aromatic N) is 5. The summed E-state index contributed by atoms with van der Waals surface area (Å²) >= 11 is 7.53. The summed E-state index contributed by atoms with van der Waals surface area (Å²) in [6.07, 6.45) is 5.46. The van der Waals surface area contributed by atoms with Crippen molar-refractivity contribution in [2.45, 2.75) is 25.9 Å². The summed E-state index contributed by atoms with van der Waals surface area (Å²) in [6, 6.07) is 7.13. The molecule has 9 nitrogen and oxygen atoms in total. The lowest BCUT2D eigenvalue weighted by Crippen LogP contribution is -2.37. The number of methoxy groups -OCH3 is 2. The van der Waals surface area contributed by atoms with Crippen molar-refractivity contribution in [3.8, 4) is 16.9 Å². The van der Waals surface area contributed by atoms with E-state index in [-0.39, 0.29) is 12.0 Å². The maximum atomic E-state index is 13.3. The fraction of sp³-hybridized carbons (Fsp3) is 0.320. The van der Waals surface area contributed by atoms with E-state index in [0.717, 1.165) is 37.4 Å². The highest BCUT2D eigenvalue weighted by Crippen LogP contribution is 2.35. The van der Waals surface area contributed by atoms with Crippen molar-refractivity contribution in [1.82, 2.24) is 19.9 Å². The summed E-state index contributed by atoms with van der Waals surface area (Å²) in [5.41, 5.74) is 3.00. The first kappa shape index (κ1) is 24.4. The van der Waals surface area contributed by atoms with Gasteiger partial charge in [0, 0.05) is 48.2 Å². The van der Waals surface area contributed by atoms with E-state index in [0.29, 0.717) is 43.1 Å². The van der Waals surface area contributed by atoms with Crippen LogP contribution >= 0.6 is 22.9 Å². The van der Waals surface area contributed by atoms with Crippen molar-refractivity contribution >= 4 is 50.3 Å². The third-order valence-electron chi connectivity index (χ3n) is 6.17. The van der Waals surface area contributed by atoms with Crippen LogP contribution in [0.3, 0.4) is 0 Å². The topological polar surface area (TPSA) is 102 Å². The monoisotopic (exact) mass is 524 g/mol. The van der Waals surface area contributed by atoms with E-state index in [9.17, 15) is 4.79 Å². The number of aromatic nitrogens is 4. The minimum Gasteiger partial charge on any atom is -0.496 e. The van der Waals surface area contributed by atoms with Gasteiger partial charge in [-0.2, -0.15) is 4.98 Å². The van der Waals surface area contributed by atoms with E-state index in [2.05, 4.69) is 25.2 Å². The number of anilines is 2. The van der Waals surface area contributed by atoms with E-state index in [1.165, 1.54) is 11.3 Å². The highest BCUT2D eigenvalue weighted by Gasteiger charge is 2.22. The van der Waals surface area contributed by atoms with Crippen LogP contribution in [0.5, 0.6) is 5.75 Å². The van der Waals surface area contributed by atoms with Gasteiger partial charge in [0.25, 0.3) is 5.91 Å². The number of hydrogen-bond donors (Lipinski definition) is 1. The molecular weight excluding hydrogens is 500 g/mol. The smallest absolute Gasteiger partial charge is 0.259 e. The molecule has 5 rings (SSSR count). The number of carbonyl (C=O) groups is 1. The number of piperidine rings is 1. The molecule has 36 heavy (non-hydrogen) atoms. The van der Waals surface area contributed by atoms with Crippen LogP contribution in [0, 0.1) is 6.92 Å². The van der Waals surface area contributed by atoms with Crippen LogP contribution < -0.4 is 15.0 Å². The number of ether oxygens (including phenoxy) is 2. The highest BCUT2D eigenvalue weighted by molar-refractivity contribution is 7.21. The summed E-state index contributed by atoms with van der Waals surface area (Å²) in [4.78, 5) is 34.2. The van der Waals surface area contributed by atoms with Gasteiger partial charge in [0.1, 0.15) is 11.6 Å². The van der Waals surface area contributed by atoms with Gasteiger partial charge >= 0.3 is 0 Å². The fourth-order valence-electron chi connectivity index (χ4n) is 4.26. The first-order chi connectivity index (χ1) is 17.4. The van der Waals surface area contributed by atoms with Crippen molar-refractivity contribution in [2.75, 3.05) is 37.5 Å². The molecule has 1 aromatic carbocycles. The molecule has 1 aliphatic heterocycles. The highest BCUT2D eigenvalue weighted by atomic mass is 35.5. The van der Waals surface area contributed by atoms with Gasteiger partial charge in [-0.3, -0.25) is 15.1 Å². The summed E-state index contributed by atoms with van der Waals surface area (Å²) in [5, 5.41) is 3.84. The predicted molar refractivity (Wildman–Crippen MR) is 141 cm³/mol. The molecule has 0 aliphatic carbocycles. The maximum Gasteiger partial charge on any atom is 0.259 e. The molecule has 0 saturated carbocycles. The molecule has 1 saturated heterocycles. The zero-order valence-corrected chi connectivity index (χ0v) is 21.7. The van der Waals surface area contributed by atoms with Crippen molar-refractivity contribution in [3.63, 3.8) is 0 Å². The van der Waals surface area contributed by atoms with Crippen LogP contribution in [0.1, 0.15) is 28.9 Å². The van der Waals surface area contributed by atoms with Crippen LogP contribution in [0.4, 0.5) is 10.9 Å². The summed E-state index contributed by atoms with van der Waals surface area (Å²) in [5.74, 6) is 1.06. The molecule has 4 aromatic rings. The van der Waals surface area contributed by atoms with Crippen LogP contribution in [-0.2, 0) is 4.74 Å². The van der Waals surface area contributed by atoms with Crippen molar-refractivity contribution in [3.05, 3.63) is 52.9 Å². The Balaban J connectivity index is 1.41. The number of nitrogens with one attached hydrogen (secondary N) is 1. The van der Waals surface area contributed by atoms with E-state index < -0.39 is 0 Å². The lowest BCUT2D eigenvalue weighted by molar-refractivity contribution is 0.0818. The average molecular weight is 525 g/mol. The van der Waals surface area contributed by atoms with E-state index in [1.54, 1.807) is 44.8 Å². The number of fused-ring (bicyclic) bond motifs is 1. The van der Waals surface area contributed by atoms with E-state index in [1.807, 2.05) is 13.0 Å². The van der Waals surface area contributed by atoms with Crippen LogP contribution in [0.2, 0.25) is 5.02 Å². The van der Waals surface area contributed by atoms with E-state index >= 15 is 0 Å². The standard InChI is InChI=1S/C25H25ClN6O3S/c1-14-10-17(18-11-15(26)4-5-20(18)35-3)19(12-27-14)23(33)31-25-30-22-24(36-25)29-21(13-28-22)32-8-6-16(34-2)7-9-32/h4-5,10-13,16H,6-9H2,1-3H3,(H,28,30,31,33). The van der Waals surface area contributed by atoms with Gasteiger partial charge in [-0.05, 0) is 44.0 Å². The molecular formula is C25H25ClN6O3S. The average Bonchev–Trinajstić information content (AvgIpc) is 3.30. The molecule has 4 heterocycles. The molecule has 1 amide bonds. The summed E-state index contributed by atoms with van der Waals surface area (Å²) in [6.45, 7) is 3.58. The molecule has 0 spiro atoms. The van der Waals surface area contributed by atoms with Gasteiger partial charge in [0.05, 0.1) is 25.0 Å². The summed E-state index contributed by atoms with van der Waals surface area (Å²) < 4.78 is 11.0. The third-order valence-corrected chi connectivity index (χ3v) is 7.26. The van der Waals surface area contributed by atoms with Crippen molar-refractivity contribution in [1.29, 1.82) is 0 Å². The van der Waals surface area contributed by atoms with Gasteiger partial charge in [-0.1, -0.05) is 22.9 Å². The largest absolute Gasteiger partial charge is 0.496 e. The number of hydrogen-bond acceptors (Lipinski definition) is 9. The molecule has 0 atom stereocenters. The Bertz CT molecular complexity index is 1420. The molecule has 1 fully saturated rings. The lowest BCUT2D eigenvalue weighted by Gasteiger charge is -2.31. The zero-order valence-electron chi connectivity index (χ0n) is 20.1. The van der Waals surface area contributed by atoms with E-state index in [4.69, 9.17) is 26.1 Å². The Labute approximate surface area is 217 Å². The lowest BCUT2D eigenvalue weighted by atomic mass is 9.99. The number of halogens is 1. The number of amides is 1. The quantitative estimate of drug-likeness (QED) is 0.376. The molecule has 1 aliphatic rings. The molecule has 3 aromatic heterocycles. The van der Waals surface area contributed by atoms with Gasteiger partial charge < -0.3 is 14.4 Å². The summed E-state index contributed by atoms with van der Waals surface area (Å²) in [7, 11) is 3.33. The minimum absolute atomic E-state index is 0.288. The number of benzene rings is 1. The van der Waals surface area contributed by atoms with Gasteiger partial charge in [-0.25, -0.2) is 9.97 Å². The molecule has 11 heteroatoms. The van der Waals surface area contributed by atoms with Gasteiger partial charge in [0.15, 0.2) is 15.6 Å². The molecule has 0 unspecified atom stereocenters. The Morgan fingerprint density at radius 3 is 2.67 bits per heavy atom. The third kappa shape index (κ3) is 4.97. The van der Waals surface area contributed by atoms with Crippen molar-refractivity contribution in [2.24, 2.45) is 0 Å². The maximum absolute atomic E-state index is 13.3. The van der Waals surface area contributed by atoms with Crippen LogP contribution in [-0.4, -0.2) is 59.3 Å². The molecule has 0 radical (unpaired) electrons. The minimum atomic E-state index is -0.347. The zero-order chi connectivity index (χ0) is 25.2. The normalized spacial score (nSPS) is 14.3. The first-order valence-electron chi connectivity index (χ1n) is 11.5. The Hall–Kier alpha value is -3.34. The molecule has 186 valence electrons. The Morgan fingerprint density at radius 1 is 1.11 bits per heavy atom. The second-order valence-electron chi connectivity index (χ2n) is 8.47. The predicted octanol–water partition coefficient (Wildman–Crippen LogP) is 4.99. The second-order valence-corrected chi connectivity index (χ2v) is 9.88. The SMILES string of the molecule is COc1ccc(Cl)cc1-c1cc(C)ncc1C(=O)Nc1nc2ncc(N3CCC(OC)CC3)nc2s1. The number of carbonyl (C=O) groups excluding carboxylic acids is 1. The van der Waals surface area contributed by atoms with Crippen molar-refractivity contribution < 1.29 is 14.3 Å². The number of thiazole rings is 1. The number of aryl methyl sites for hydroxylation is 1.